The van der Waals surface area contributed by atoms with Crippen molar-refractivity contribution in [3.63, 3.8) is 0 Å². The maximum absolute atomic E-state index is 12.9. The Kier molecular flexibility index (Phi) is 4.90. The Morgan fingerprint density at radius 2 is 2.06 bits per heavy atom. The van der Waals surface area contributed by atoms with Gasteiger partial charge in [-0.3, -0.25) is 14.6 Å². The summed E-state index contributed by atoms with van der Waals surface area (Å²) in [5.41, 5.74) is 2.84. The summed E-state index contributed by atoms with van der Waals surface area (Å²) in [7, 11) is 1.86. The number of amides is 1. The summed E-state index contributed by atoms with van der Waals surface area (Å²) in [6.45, 7) is 5.89. The molecule has 1 aliphatic rings. The smallest absolute Gasteiger partial charge is 0.331 e. The summed E-state index contributed by atoms with van der Waals surface area (Å²) in [5, 5.41) is 11.4. The van der Waals surface area contributed by atoms with Crippen molar-refractivity contribution in [1.82, 2.24) is 29.6 Å². The minimum absolute atomic E-state index is 0.0734. The summed E-state index contributed by atoms with van der Waals surface area (Å²) < 4.78 is 9.44. The van der Waals surface area contributed by atoms with E-state index >= 15 is 0 Å². The highest BCUT2D eigenvalue weighted by atomic mass is 16.5. The number of rotatable bonds is 5. The molecule has 1 amide bonds. The van der Waals surface area contributed by atoms with Crippen molar-refractivity contribution in [2.45, 2.75) is 38.8 Å². The van der Waals surface area contributed by atoms with Gasteiger partial charge in [0.1, 0.15) is 12.1 Å². The molecule has 4 heterocycles. The Labute approximate surface area is 185 Å². The number of hydrogen-bond acceptors (Lipinski definition) is 6. The minimum Gasteiger partial charge on any atom is -0.439 e. The molecule has 0 saturated heterocycles. The molecule has 0 unspecified atom stereocenters. The zero-order chi connectivity index (χ0) is 22.3. The van der Waals surface area contributed by atoms with Crippen molar-refractivity contribution in [3.05, 3.63) is 60.3 Å². The molecular formula is C23H25N7O2. The van der Waals surface area contributed by atoms with Crippen LogP contribution in [-0.4, -0.2) is 37.4 Å². The Balaban J connectivity index is 1.34. The van der Waals surface area contributed by atoms with Crippen LogP contribution in [0.5, 0.6) is 11.6 Å². The highest BCUT2D eigenvalue weighted by Crippen LogP contribution is 2.35. The van der Waals surface area contributed by atoms with Gasteiger partial charge < -0.3 is 10.1 Å². The van der Waals surface area contributed by atoms with Crippen molar-refractivity contribution in [1.29, 1.82) is 0 Å². The van der Waals surface area contributed by atoms with Crippen LogP contribution < -0.4 is 15.4 Å². The molecule has 0 fully saturated rings. The Bertz CT molecular complexity index is 1300. The normalized spacial score (nSPS) is 14.5. The number of nitrogens with zero attached hydrogens (tertiary/aromatic N) is 5. The van der Waals surface area contributed by atoms with Gasteiger partial charge in [0.25, 0.3) is 0 Å². The molecule has 32 heavy (non-hydrogen) atoms. The molecule has 164 valence electrons. The van der Waals surface area contributed by atoms with Crippen molar-refractivity contribution in [2.75, 3.05) is 12.4 Å². The fraction of sp³-hybridized carbons (Fsp3) is 0.304. The molecule has 9 heteroatoms. The summed E-state index contributed by atoms with van der Waals surface area (Å²) in [5.74, 6) is 1.68. The fourth-order valence-corrected chi connectivity index (χ4v) is 4.07. The molecule has 0 aliphatic carbocycles. The molecule has 4 aromatic rings. The van der Waals surface area contributed by atoms with Crippen LogP contribution in [0.15, 0.2) is 48.9 Å². The molecule has 5 rings (SSSR count). The highest BCUT2D eigenvalue weighted by molar-refractivity contribution is 5.98. The van der Waals surface area contributed by atoms with Gasteiger partial charge in [-0.1, -0.05) is 13.8 Å². The third-order valence-electron chi connectivity index (χ3n) is 5.82. The summed E-state index contributed by atoms with van der Waals surface area (Å²) in [6, 6.07) is 10.9. The lowest BCUT2D eigenvalue weighted by Gasteiger charge is -2.14. The topological polar surface area (TPSA) is 98.9 Å². The van der Waals surface area contributed by atoms with E-state index in [1.54, 1.807) is 16.8 Å². The number of anilines is 1. The van der Waals surface area contributed by atoms with E-state index in [4.69, 9.17) is 4.74 Å². The predicted molar refractivity (Wildman–Crippen MR) is 121 cm³/mol. The van der Waals surface area contributed by atoms with Gasteiger partial charge in [0.15, 0.2) is 5.82 Å². The lowest BCUT2D eigenvalue weighted by molar-refractivity contribution is 0.254. The van der Waals surface area contributed by atoms with E-state index in [9.17, 15) is 4.79 Å². The molecule has 1 aliphatic heterocycles. The predicted octanol–water partition coefficient (Wildman–Crippen LogP) is 3.90. The third kappa shape index (κ3) is 3.71. The second-order valence-electron chi connectivity index (χ2n) is 8.59. The molecule has 0 bridgehead atoms. The van der Waals surface area contributed by atoms with E-state index in [2.05, 4.69) is 39.5 Å². The number of aryl methyl sites for hydroxylation is 1. The highest BCUT2D eigenvalue weighted by Gasteiger charge is 2.32. The molecule has 3 aromatic heterocycles. The SMILES string of the molecule is CNCc1cc(Oc2ccc3c(ccn3C(=O)Nc3cc4n(n3)CCC4(C)C)c2)ncn1. The van der Waals surface area contributed by atoms with Gasteiger partial charge in [0.05, 0.1) is 11.2 Å². The number of ether oxygens (including phenoxy) is 1. The molecule has 0 saturated carbocycles. The maximum Gasteiger partial charge on any atom is 0.331 e. The van der Waals surface area contributed by atoms with Crippen LogP contribution in [-0.2, 0) is 18.5 Å². The quantitative estimate of drug-likeness (QED) is 0.497. The summed E-state index contributed by atoms with van der Waals surface area (Å²) >= 11 is 0. The molecular weight excluding hydrogens is 406 g/mol. The van der Waals surface area contributed by atoms with Crippen molar-refractivity contribution in [3.8, 4) is 11.6 Å². The van der Waals surface area contributed by atoms with Crippen LogP contribution in [0, 0.1) is 0 Å². The van der Waals surface area contributed by atoms with Crippen LogP contribution >= 0.6 is 0 Å². The number of carbonyl (C=O) groups is 1. The summed E-state index contributed by atoms with van der Waals surface area (Å²) in [4.78, 5) is 21.3. The van der Waals surface area contributed by atoms with Gasteiger partial charge in [-0.15, -0.1) is 0 Å². The number of aromatic nitrogens is 5. The first-order chi connectivity index (χ1) is 15.4. The van der Waals surface area contributed by atoms with Gasteiger partial charge >= 0.3 is 6.03 Å². The van der Waals surface area contributed by atoms with Gasteiger partial charge in [-0.25, -0.2) is 14.8 Å². The second-order valence-corrected chi connectivity index (χ2v) is 8.59. The third-order valence-corrected chi connectivity index (χ3v) is 5.82. The van der Waals surface area contributed by atoms with Crippen molar-refractivity contribution in [2.24, 2.45) is 0 Å². The number of nitrogens with one attached hydrogen (secondary N) is 2. The van der Waals surface area contributed by atoms with Crippen LogP contribution in [0.2, 0.25) is 0 Å². The zero-order valence-corrected chi connectivity index (χ0v) is 18.3. The number of fused-ring (bicyclic) bond motifs is 2. The molecule has 0 spiro atoms. The summed E-state index contributed by atoms with van der Waals surface area (Å²) in [6.07, 6.45) is 4.28. The van der Waals surface area contributed by atoms with Gasteiger partial charge in [-0.2, -0.15) is 5.10 Å². The number of carbonyl (C=O) groups excluding carboxylic acids is 1. The first-order valence-corrected chi connectivity index (χ1v) is 10.6. The average Bonchev–Trinajstić information content (AvgIpc) is 3.43. The largest absolute Gasteiger partial charge is 0.439 e. The van der Waals surface area contributed by atoms with E-state index in [-0.39, 0.29) is 11.4 Å². The van der Waals surface area contributed by atoms with Crippen LogP contribution in [0.25, 0.3) is 10.9 Å². The van der Waals surface area contributed by atoms with Crippen LogP contribution in [0.3, 0.4) is 0 Å². The Hall–Kier alpha value is -3.72. The first-order valence-electron chi connectivity index (χ1n) is 10.6. The lowest BCUT2D eigenvalue weighted by atomic mass is 9.89. The average molecular weight is 432 g/mol. The van der Waals surface area contributed by atoms with E-state index in [1.165, 1.54) is 6.33 Å². The van der Waals surface area contributed by atoms with E-state index in [1.807, 2.05) is 42.1 Å². The van der Waals surface area contributed by atoms with Crippen LogP contribution in [0.4, 0.5) is 10.6 Å². The molecule has 0 atom stereocenters. The van der Waals surface area contributed by atoms with Gasteiger partial charge in [0, 0.05) is 47.9 Å². The zero-order valence-electron chi connectivity index (χ0n) is 18.3. The lowest BCUT2D eigenvalue weighted by Crippen LogP contribution is -2.19. The maximum atomic E-state index is 12.9. The van der Waals surface area contributed by atoms with E-state index < -0.39 is 0 Å². The standard InChI is InChI=1S/C23H25N7O2/c1-23(2)7-9-30-19(23)12-20(28-30)27-22(31)29-8-6-15-10-17(4-5-18(15)29)32-21-11-16(13-24-3)25-14-26-21/h4-6,8,10-12,14,24H,7,9,13H2,1-3H3,(H,27,28,31). The van der Waals surface area contributed by atoms with Gasteiger partial charge in [0.2, 0.25) is 5.88 Å². The molecule has 9 nitrogen and oxygen atoms in total. The number of benzene rings is 1. The number of hydrogen-bond donors (Lipinski definition) is 2. The monoisotopic (exact) mass is 431 g/mol. The molecule has 2 N–H and O–H groups in total. The molecule has 1 aromatic carbocycles. The van der Waals surface area contributed by atoms with Gasteiger partial charge in [-0.05, 0) is 37.7 Å². The van der Waals surface area contributed by atoms with E-state index in [0.717, 1.165) is 35.3 Å². The molecule has 0 radical (unpaired) electrons. The Morgan fingerprint density at radius 3 is 2.88 bits per heavy atom. The fourth-order valence-electron chi connectivity index (χ4n) is 4.07. The van der Waals surface area contributed by atoms with Crippen molar-refractivity contribution < 1.29 is 9.53 Å². The first kappa shape index (κ1) is 20.2. The van der Waals surface area contributed by atoms with Crippen LogP contribution in [0.1, 0.15) is 31.7 Å². The minimum atomic E-state index is -0.254. The second kappa shape index (κ2) is 7.76. The van der Waals surface area contributed by atoms with E-state index in [0.29, 0.717) is 24.0 Å². The van der Waals surface area contributed by atoms with Crippen molar-refractivity contribution >= 4 is 22.8 Å². The Morgan fingerprint density at radius 1 is 1.19 bits per heavy atom.